The van der Waals surface area contributed by atoms with Crippen molar-refractivity contribution in [3.8, 4) is 0 Å². The Morgan fingerprint density at radius 2 is 1.71 bits per heavy atom. The van der Waals surface area contributed by atoms with E-state index >= 15 is 0 Å². The van der Waals surface area contributed by atoms with Crippen LogP contribution in [0, 0.1) is 6.92 Å². The molecule has 1 saturated heterocycles. The van der Waals surface area contributed by atoms with Crippen molar-refractivity contribution in [3.05, 3.63) is 101 Å². The van der Waals surface area contributed by atoms with Gasteiger partial charge in [0, 0.05) is 5.56 Å². The molecule has 1 atom stereocenters. The Hall–Kier alpha value is -3.60. The smallest absolute Gasteiger partial charge is 0.296 e. The second kappa shape index (κ2) is 8.26. The SMILES string of the molecule is Cc1ccc(C(O)=C2C(=O)C(=O)N(Cc3ccco3)[C@@H]2c2ccc(C(C)C)cc2)cc1. The molecule has 1 aromatic heterocycles. The van der Waals surface area contributed by atoms with Gasteiger partial charge in [-0.15, -0.1) is 0 Å². The van der Waals surface area contributed by atoms with Gasteiger partial charge in [0.2, 0.25) is 0 Å². The van der Waals surface area contributed by atoms with Gasteiger partial charge in [0.05, 0.1) is 24.4 Å². The summed E-state index contributed by atoms with van der Waals surface area (Å²) in [6.07, 6.45) is 1.53. The summed E-state index contributed by atoms with van der Waals surface area (Å²) in [6.45, 7) is 6.30. The van der Waals surface area contributed by atoms with Crippen LogP contribution in [0.4, 0.5) is 0 Å². The van der Waals surface area contributed by atoms with Crippen LogP contribution in [0.2, 0.25) is 0 Å². The number of Topliss-reactive ketones (excluding diaryl/α,β-unsaturated/α-hetero) is 1. The van der Waals surface area contributed by atoms with Crippen molar-refractivity contribution in [3.63, 3.8) is 0 Å². The van der Waals surface area contributed by atoms with E-state index in [1.54, 1.807) is 24.3 Å². The van der Waals surface area contributed by atoms with E-state index in [4.69, 9.17) is 4.42 Å². The van der Waals surface area contributed by atoms with E-state index in [0.717, 1.165) is 16.7 Å². The van der Waals surface area contributed by atoms with Crippen LogP contribution in [-0.4, -0.2) is 21.7 Å². The molecule has 1 N–H and O–H groups in total. The highest BCUT2D eigenvalue weighted by Crippen LogP contribution is 2.40. The number of likely N-dealkylation sites (tertiary alicyclic amines) is 1. The predicted octanol–water partition coefficient (Wildman–Crippen LogP) is 5.33. The first-order valence-electron chi connectivity index (χ1n) is 10.3. The summed E-state index contributed by atoms with van der Waals surface area (Å²) in [5.74, 6) is -0.582. The molecule has 31 heavy (non-hydrogen) atoms. The number of hydrogen-bond donors (Lipinski definition) is 1. The Bertz CT molecular complexity index is 1120. The van der Waals surface area contributed by atoms with Crippen molar-refractivity contribution in [1.29, 1.82) is 0 Å². The van der Waals surface area contributed by atoms with Gasteiger partial charge in [0.25, 0.3) is 11.7 Å². The van der Waals surface area contributed by atoms with Crippen molar-refractivity contribution >= 4 is 17.4 Å². The van der Waals surface area contributed by atoms with E-state index in [1.807, 2.05) is 43.3 Å². The summed E-state index contributed by atoms with van der Waals surface area (Å²) in [6, 6.07) is 17.9. The lowest BCUT2D eigenvalue weighted by molar-refractivity contribution is -0.140. The van der Waals surface area contributed by atoms with Gasteiger partial charge in [0.1, 0.15) is 11.5 Å². The Morgan fingerprint density at radius 3 is 2.29 bits per heavy atom. The van der Waals surface area contributed by atoms with Crippen molar-refractivity contribution in [2.45, 2.75) is 39.3 Å². The molecule has 0 radical (unpaired) electrons. The molecule has 1 fully saturated rings. The first kappa shape index (κ1) is 20.7. The number of aliphatic hydroxyl groups excluding tert-OH is 1. The molecule has 1 aliphatic heterocycles. The van der Waals surface area contributed by atoms with E-state index in [9.17, 15) is 14.7 Å². The highest BCUT2D eigenvalue weighted by atomic mass is 16.3. The normalized spacial score (nSPS) is 18.2. The van der Waals surface area contributed by atoms with Crippen LogP contribution in [0.15, 0.2) is 76.9 Å². The van der Waals surface area contributed by atoms with Crippen LogP contribution < -0.4 is 0 Å². The number of rotatable bonds is 5. The third kappa shape index (κ3) is 3.91. The van der Waals surface area contributed by atoms with Crippen LogP contribution in [0.1, 0.15) is 53.8 Å². The standard InChI is InChI=1S/C26H25NO4/c1-16(2)18-10-12-19(13-11-18)23-22(24(28)20-8-6-17(3)7-9-20)25(29)26(30)27(23)15-21-5-4-14-31-21/h4-14,16,23,28H,15H2,1-3H3/t23-/m1/s1. The third-order valence-corrected chi connectivity index (χ3v) is 5.69. The lowest BCUT2D eigenvalue weighted by Crippen LogP contribution is -2.29. The Kier molecular flexibility index (Phi) is 5.51. The minimum atomic E-state index is -0.701. The molecule has 2 aromatic carbocycles. The topological polar surface area (TPSA) is 70.8 Å². The minimum Gasteiger partial charge on any atom is -0.507 e. The van der Waals surface area contributed by atoms with Crippen LogP contribution in [-0.2, 0) is 16.1 Å². The van der Waals surface area contributed by atoms with Crippen molar-refractivity contribution < 1.29 is 19.1 Å². The molecule has 0 bridgehead atoms. The third-order valence-electron chi connectivity index (χ3n) is 5.69. The van der Waals surface area contributed by atoms with Gasteiger partial charge in [-0.2, -0.15) is 0 Å². The number of carbonyl (C=O) groups excluding carboxylic acids is 2. The number of aliphatic hydroxyl groups is 1. The molecule has 0 spiro atoms. The van der Waals surface area contributed by atoms with E-state index in [-0.39, 0.29) is 17.9 Å². The summed E-state index contributed by atoms with van der Waals surface area (Å²) in [7, 11) is 0. The first-order chi connectivity index (χ1) is 14.9. The number of aryl methyl sites for hydroxylation is 1. The molecule has 158 valence electrons. The maximum atomic E-state index is 13.0. The average Bonchev–Trinajstić information content (AvgIpc) is 3.36. The molecule has 5 heteroatoms. The molecule has 0 unspecified atom stereocenters. The fourth-order valence-electron chi connectivity index (χ4n) is 3.89. The predicted molar refractivity (Wildman–Crippen MR) is 118 cm³/mol. The Morgan fingerprint density at radius 1 is 1.03 bits per heavy atom. The second-order valence-corrected chi connectivity index (χ2v) is 8.19. The zero-order valence-corrected chi connectivity index (χ0v) is 17.8. The molecular formula is C26H25NO4. The fraction of sp³-hybridized carbons (Fsp3) is 0.231. The second-order valence-electron chi connectivity index (χ2n) is 8.19. The number of carbonyl (C=O) groups is 2. The van der Waals surface area contributed by atoms with Gasteiger partial charge in [-0.3, -0.25) is 9.59 Å². The van der Waals surface area contributed by atoms with Crippen LogP contribution >= 0.6 is 0 Å². The summed E-state index contributed by atoms with van der Waals surface area (Å²) in [5, 5.41) is 11.1. The number of nitrogens with zero attached hydrogens (tertiary/aromatic N) is 1. The maximum absolute atomic E-state index is 13.0. The van der Waals surface area contributed by atoms with Gasteiger partial charge in [0.15, 0.2) is 0 Å². The summed E-state index contributed by atoms with van der Waals surface area (Å²) >= 11 is 0. The molecular weight excluding hydrogens is 390 g/mol. The quantitative estimate of drug-likeness (QED) is 0.347. The molecule has 5 nitrogen and oxygen atoms in total. The minimum absolute atomic E-state index is 0.0951. The lowest BCUT2D eigenvalue weighted by atomic mass is 9.93. The highest BCUT2D eigenvalue weighted by Gasteiger charge is 2.46. The highest BCUT2D eigenvalue weighted by molar-refractivity contribution is 6.46. The largest absolute Gasteiger partial charge is 0.507 e. The van der Waals surface area contributed by atoms with Gasteiger partial charge in [-0.05, 0) is 36.1 Å². The average molecular weight is 415 g/mol. The summed E-state index contributed by atoms with van der Waals surface area (Å²) < 4.78 is 5.42. The van der Waals surface area contributed by atoms with E-state index < -0.39 is 17.7 Å². The fourth-order valence-corrected chi connectivity index (χ4v) is 3.89. The van der Waals surface area contributed by atoms with Crippen LogP contribution in [0.5, 0.6) is 0 Å². The summed E-state index contributed by atoms with van der Waals surface area (Å²) in [4.78, 5) is 27.5. The zero-order valence-electron chi connectivity index (χ0n) is 17.8. The molecule has 1 amide bonds. The van der Waals surface area contributed by atoms with Gasteiger partial charge in [-0.25, -0.2) is 0 Å². The molecule has 3 aromatic rings. The number of amides is 1. The number of furan rings is 1. The first-order valence-corrected chi connectivity index (χ1v) is 10.3. The van der Waals surface area contributed by atoms with Gasteiger partial charge in [-0.1, -0.05) is 67.9 Å². The monoisotopic (exact) mass is 415 g/mol. The number of benzene rings is 2. The van der Waals surface area contributed by atoms with Crippen molar-refractivity contribution in [1.82, 2.24) is 4.90 Å². The van der Waals surface area contributed by atoms with E-state index in [1.165, 1.54) is 11.2 Å². The molecule has 0 aliphatic carbocycles. The number of ketones is 1. The van der Waals surface area contributed by atoms with Crippen molar-refractivity contribution in [2.24, 2.45) is 0 Å². The Labute approximate surface area is 181 Å². The number of hydrogen-bond acceptors (Lipinski definition) is 4. The molecule has 0 saturated carbocycles. The molecule has 2 heterocycles. The van der Waals surface area contributed by atoms with Crippen LogP contribution in [0.3, 0.4) is 0 Å². The Balaban J connectivity index is 1.84. The van der Waals surface area contributed by atoms with Gasteiger partial charge < -0.3 is 14.4 Å². The maximum Gasteiger partial charge on any atom is 0.296 e. The molecule has 1 aliphatic rings. The lowest BCUT2D eigenvalue weighted by Gasteiger charge is -2.25. The van der Waals surface area contributed by atoms with E-state index in [2.05, 4.69) is 13.8 Å². The van der Waals surface area contributed by atoms with Crippen LogP contribution in [0.25, 0.3) is 5.76 Å². The zero-order chi connectivity index (χ0) is 22.1. The van der Waals surface area contributed by atoms with E-state index in [0.29, 0.717) is 17.2 Å². The molecule has 4 rings (SSSR count). The van der Waals surface area contributed by atoms with Crippen molar-refractivity contribution in [2.75, 3.05) is 0 Å². The summed E-state index contributed by atoms with van der Waals surface area (Å²) in [5.41, 5.74) is 3.56. The van der Waals surface area contributed by atoms with Gasteiger partial charge >= 0.3 is 0 Å².